The number of nitrogens with zero attached hydrogens (tertiary/aromatic N) is 1. The molecule has 1 saturated heterocycles. The van der Waals surface area contributed by atoms with Crippen molar-refractivity contribution >= 4 is 29.6 Å². The van der Waals surface area contributed by atoms with E-state index in [1.807, 2.05) is 12.1 Å². The van der Waals surface area contributed by atoms with Crippen LogP contribution in [0.15, 0.2) is 24.3 Å². The van der Waals surface area contributed by atoms with Gasteiger partial charge in [-0.25, -0.2) is 9.59 Å². The number of likely N-dealkylation sites (tertiary alicyclic amines) is 1. The average Bonchev–Trinajstić information content (AvgIpc) is 3.10. The molecule has 0 unspecified atom stereocenters. The Morgan fingerprint density at radius 2 is 1.89 bits per heavy atom. The first-order valence-electron chi connectivity index (χ1n) is 9.33. The van der Waals surface area contributed by atoms with E-state index >= 15 is 0 Å². The van der Waals surface area contributed by atoms with E-state index in [0.29, 0.717) is 37.4 Å². The van der Waals surface area contributed by atoms with Crippen molar-refractivity contribution in [1.29, 1.82) is 0 Å². The number of nitrogens with one attached hydrogen (secondary N) is 1. The number of ether oxygens (including phenoxy) is 2. The predicted molar refractivity (Wildman–Crippen MR) is 105 cm³/mol. The van der Waals surface area contributed by atoms with Crippen LogP contribution >= 0.6 is 11.6 Å². The van der Waals surface area contributed by atoms with E-state index in [1.165, 1.54) is 4.90 Å². The maximum Gasteiger partial charge on any atom is 0.411 e. The van der Waals surface area contributed by atoms with Gasteiger partial charge in [0, 0.05) is 18.1 Å². The highest BCUT2D eigenvalue weighted by Gasteiger charge is 2.37. The molecule has 7 nitrogen and oxygen atoms in total. The minimum absolute atomic E-state index is 0.377. The van der Waals surface area contributed by atoms with Crippen LogP contribution in [-0.2, 0) is 25.5 Å². The second-order valence-electron chi connectivity index (χ2n) is 7.67. The van der Waals surface area contributed by atoms with Gasteiger partial charge in [-0.1, -0.05) is 23.7 Å². The van der Waals surface area contributed by atoms with Gasteiger partial charge in [-0.3, -0.25) is 9.69 Å². The van der Waals surface area contributed by atoms with E-state index in [9.17, 15) is 14.4 Å². The van der Waals surface area contributed by atoms with Crippen molar-refractivity contribution in [1.82, 2.24) is 10.2 Å². The van der Waals surface area contributed by atoms with Gasteiger partial charge < -0.3 is 14.8 Å². The van der Waals surface area contributed by atoms with Crippen LogP contribution in [0.25, 0.3) is 0 Å². The molecule has 0 bridgehead atoms. The first-order valence-corrected chi connectivity index (χ1v) is 9.71. The molecule has 0 radical (unpaired) electrons. The van der Waals surface area contributed by atoms with E-state index in [1.54, 1.807) is 32.9 Å². The zero-order valence-corrected chi connectivity index (χ0v) is 17.3. The first kappa shape index (κ1) is 22.0. The molecule has 2 rings (SSSR count). The fourth-order valence-corrected chi connectivity index (χ4v) is 2.96. The third kappa shape index (κ3) is 7.03. The quantitative estimate of drug-likeness (QED) is 0.729. The van der Waals surface area contributed by atoms with Crippen LogP contribution in [0.5, 0.6) is 0 Å². The Morgan fingerprint density at radius 3 is 2.54 bits per heavy atom. The maximum absolute atomic E-state index is 12.3. The number of benzene rings is 1. The van der Waals surface area contributed by atoms with Gasteiger partial charge in [-0.05, 0) is 57.7 Å². The SMILES string of the molecule is CC(C)(C)OC(=O)N1CCC[C@H]1C(=O)OCC(=O)NCCc1ccc(Cl)cc1. The highest BCUT2D eigenvalue weighted by atomic mass is 35.5. The summed E-state index contributed by atoms with van der Waals surface area (Å²) in [5.41, 5.74) is 0.401. The smallest absolute Gasteiger partial charge is 0.411 e. The molecule has 1 heterocycles. The standard InChI is InChI=1S/C20H27ClN2O5/c1-20(2,3)28-19(26)23-12-4-5-16(23)18(25)27-13-17(24)22-11-10-14-6-8-15(21)9-7-14/h6-9,16H,4-5,10-13H2,1-3H3,(H,22,24)/t16-/m0/s1. The summed E-state index contributed by atoms with van der Waals surface area (Å²) in [5.74, 6) is -0.972. The Labute approximate surface area is 170 Å². The lowest BCUT2D eigenvalue weighted by molar-refractivity contribution is -0.152. The molecule has 0 aromatic heterocycles. The van der Waals surface area contributed by atoms with Crippen LogP contribution in [0.3, 0.4) is 0 Å². The molecule has 1 aromatic carbocycles. The highest BCUT2D eigenvalue weighted by Crippen LogP contribution is 2.21. The van der Waals surface area contributed by atoms with Crippen LogP contribution in [0, 0.1) is 0 Å². The molecule has 1 aliphatic heterocycles. The zero-order chi connectivity index (χ0) is 20.7. The number of hydrogen-bond acceptors (Lipinski definition) is 5. The number of carbonyl (C=O) groups excluding carboxylic acids is 3. The summed E-state index contributed by atoms with van der Waals surface area (Å²) >= 11 is 5.83. The molecule has 1 aliphatic rings. The summed E-state index contributed by atoms with van der Waals surface area (Å²) < 4.78 is 10.4. The van der Waals surface area contributed by atoms with Crippen molar-refractivity contribution in [3.63, 3.8) is 0 Å². The van der Waals surface area contributed by atoms with Crippen molar-refractivity contribution in [2.45, 2.75) is 51.7 Å². The average molecular weight is 411 g/mol. The second-order valence-corrected chi connectivity index (χ2v) is 8.10. The Hall–Kier alpha value is -2.28. The summed E-state index contributed by atoms with van der Waals surface area (Å²) in [6.07, 6.45) is 1.29. The third-order valence-corrected chi connectivity index (χ3v) is 4.40. The van der Waals surface area contributed by atoms with Gasteiger partial charge in [-0.15, -0.1) is 0 Å². The first-order chi connectivity index (χ1) is 13.2. The molecule has 2 amide bonds. The Kier molecular flexibility index (Phi) is 7.69. The van der Waals surface area contributed by atoms with Crippen molar-refractivity contribution in [2.75, 3.05) is 19.7 Å². The molecular formula is C20H27ClN2O5. The van der Waals surface area contributed by atoms with E-state index in [0.717, 1.165) is 5.56 Å². The third-order valence-electron chi connectivity index (χ3n) is 4.15. The van der Waals surface area contributed by atoms with Gasteiger partial charge in [0.2, 0.25) is 0 Å². The molecular weight excluding hydrogens is 384 g/mol. The molecule has 1 atom stereocenters. The van der Waals surface area contributed by atoms with E-state index in [4.69, 9.17) is 21.1 Å². The number of rotatable bonds is 6. The molecule has 1 aromatic rings. The normalized spacial score (nSPS) is 16.6. The predicted octanol–water partition coefficient (Wildman–Crippen LogP) is 2.94. The van der Waals surface area contributed by atoms with Crippen molar-refractivity contribution < 1.29 is 23.9 Å². The number of halogens is 1. The summed E-state index contributed by atoms with van der Waals surface area (Å²) in [4.78, 5) is 37.8. The highest BCUT2D eigenvalue weighted by molar-refractivity contribution is 6.30. The topological polar surface area (TPSA) is 84.9 Å². The van der Waals surface area contributed by atoms with Crippen molar-refractivity contribution in [3.05, 3.63) is 34.9 Å². The van der Waals surface area contributed by atoms with Gasteiger partial charge in [0.1, 0.15) is 11.6 Å². The fraction of sp³-hybridized carbons (Fsp3) is 0.550. The van der Waals surface area contributed by atoms with E-state index < -0.39 is 23.7 Å². The second kappa shape index (κ2) is 9.78. The monoisotopic (exact) mass is 410 g/mol. The van der Waals surface area contributed by atoms with Crippen LogP contribution < -0.4 is 5.32 Å². The van der Waals surface area contributed by atoms with Crippen LogP contribution in [0.4, 0.5) is 4.79 Å². The Balaban J connectivity index is 1.73. The number of hydrogen-bond donors (Lipinski definition) is 1. The van der Waals surface area contributed by atoms with E-state index in [2.05, 4.69) is 5.32 Å². The maximum atomic E-state index is 12.3. The summed E-state index contributed by atoms with van der Waals surface area (Å²) in [6, 6.07) is 6.65. The van der Waals surface area contributed by atoms with Crippen LogP contribution in [0.2, 0.25) is 5.02 Å². The Morgan fingerprint density at radius 1 is 1.21 bits per heavy atom. The van der Waals surface area contributed by atoms with Crippen LogP contribution in [-0.4, -0.2) is 54.2 Å². The van der Waals surface area contributed by atoms with Crippen molar-refractivity contribution in [3.8, 4) is 0 Å². The summed E-state index contributed by atoms with van der Waals surface area (Å²) in [5, 5.41) is 3.36. The fourth-order valence-electron chi connectivity index (χ4n) is 2.83. The lowest BCUT2D eigenvalue weighted by atomic mass is 10.1. The summed E-state index contributed by atoms with van der Waals surface area (Å²) in [7, 11) is 0. The van der Waals surface area contributed by atoms with Gasteiger partial charge in [0.15, 0.2) is 6.61 Å². The largest absolute Gasteiger partial charge is 0.454 e. The molecule has 0 aliphatic carbocycles. The minimum Gasteiger partial charge on any atom is -0.454 e. The molecule has 8 heteroatoms. The Bertz CT molecular complexity index is 700. The van der Waals surface area contributed by atoms with Crippen molar-refractivity contribution in [2.24, 2.45) is 0 Å². The van der Waals surface area contributed by atoms with Gasteiger partial charge >= 0.3 is 12.1 Å². The van der Waals surface area contributed by atoms with E-state index in [-0.39, 0.29) is 12.5 Å². The zero-order valence-electron chi connectivity index (χ0n) is 16.5. The van der Waals surface area contributed by atoms with Gasteiger partial charge in [0.25, 0.3) is 5.91 Å². The minimum atomic E-state index is -0.711. The molecule has 1 N–H and O–H groups in total. The lowest BCUT2D eigenvalue weighted by Gasteiger charge is -2.27. The number of amides is 2. The van der Waals surface area contributed by atoms with Gasteiger partial charge in [0.05, 0.1) is 0 Å². The molecule has 28 heavy (non-hydrogen) atoms. The number of carbonyl (C=O) groups is 3. The molecule has 1 fully saturated rings. The molecule has 0 saturated carbocycles. The molecule has 154 valence electrons. The molecule has 0 spiro atoms. The summed E-state index contributed by atoms with van der Waals surface area (Å²) in [6.45, 7) is 5.78. The van der Waals surface area contributed by atoms with Crippen LogP contribution in [0.1, 0.15) is 39.2 Å². The van der Waals surface area contributed by atoms with Gasteiger partial charge in [-0.2, -0.15) is 0 Å². The lowest BCUT2D eigenvalue weighted by Crippen LogP contribution is -2.44. The number of esters is 1.